The van der Waals surface area contributed by atoms with Gasteiger partial charge in [-0.05, 0) is 17.7 Å². The number of nitrogen functional groups attached to an aromatic ring is 1. The van der Waals surface area contributed by atoms with Crippen molar-refractivity contribution in [3.63, 3.8) is 0 Å². The van der Waals surface area contributed by atoms with E-state index in [1.165, 1.54) is 12.4 Å². The summed E-state index contributed by atoms with van der Waals surface area (Å²) >= 11 is 6.22. The van der Waals surface area contributed by atoms with Crippen LogP contribution in [0.1, 0.15) is 22.5 Å². The van der Waals surface area contributed by atoms with E-state index in [0.717, 1.165) is 12.0 Å². The SMILES string of the molecule is Nc1nccnc1C(=O)NCc1cc(Cl)c2c(c1)OCCCO2. The van der Waals surface area contributed by atoms with Gasteiger partial charge in [-0.15, -0.1) is 0 Å². The number of aromatic nitrogens is 2. The first-order valence-corrected chi connectivity index (χ1v) is 7.45. The van der Waals surface area contributed by atoms with Crippen LogP contribution in [0.2, 0.25) is 5.02 Å². The van der Waals surface area contributed by atoms with Crippen molar-refractivity contribution in [2.45, 2.75) is 13.0 Å². The molecule has 1 aliphatic heterocycles. The van der Waals surface area contributed by atoms with Gasteiger partial charge in [0.15, 0.2) is 23.0 Å². The number of amides is 1. The summed E-state index contributed by atoms with van der Waals surface area (Å²) in [7, 11) is 0. The number of rotatable bonds is 3. The summed E-state index contributed by atoms with van der Waals surface area (Å²) in [6.07, 6.45) is 3.63. The van der Waals surface area contributed by atoms with Gasteiger partial charge in [-0.25, -0.2) is 9.97 Å². The van der Waals surface area contributed by atoms with E-state index in [9.17, 15) is 4.79 Å². The lowest BCUT2D eigenvalue weighted by Crippen LogP contribution is -2.25. The number of fused-ring (bicyclic) bond motifs is 1. The molecule has 1 amide bonds. The Morgan fingerprint density at radius 2 is 2.04 bits per heavy atom. The molecule has 0 radical (unpaired) electrons. The number of nitrogens with one attached hydrogen (secondary N) is 1. The van der Waals surface area contributed by atoms with Gasteiger partial charge in [-0.1, -0.05) is 11.6 Å². The molecule has 7 nitrogen and oxygen atoms in total. The number of anilines is 1. The van der Waals surface area contributed by atoms with Crippen molar-refractivity contribution in [2.75, 3.05) is 18.9 Å². The first-order valence-electron chi connectivity index (χ1n) is 7.08. The zero-order valence-corrected chi connectivity index (χ0v) is 13.0. The molecule has 1 aliphatic rings. The monoisotopic (exact) mass is 334 g/mol. The van der Waals surface area contributed by atoms with Crippen LogP contribution in [0.25, 0.3) is 0 Å². The van der Waals surface area contributed by atoms with Gasteiger partial charge in [0.1, 0.15) is 0 Å². The molecule has 2 heterocycles. The Morgan fingerprint density at radius 3 is 2.87 bits per heavy atom. The molecule has 0 atom stereocenters. The first kappa shape index (κ1) is 15.4. The fourth-order valence-corrected chi connectivity index (χ4v) is 2.46. The van der Waals surface area contributed by atoms with E-state index in [-0.39, 0.29) is 18.1 Å². The van der Waals surface area contributed by atoms with Crippen molar-refractivity contribution in [2.24, 2.45) is 0 Å². The fraction of sp³-hybridized carbons (Fsp3) is 0.267. The van der Waals surface area contributed by atoms with Gasteiger partial charge in [0.05, 0.1) is 18.2 Å². The van der Waals surface area contributed by atoms with E-state index in [0.29, 0.717) is 29.7 Å². The van der Waals surface area contributed by atoms with Gasteiger partial charge in [0.25, 0.3) is 5.91 Å². The molecule has 0 fully saturated rings. The number of hydrogen-bond acceptors (Lipinski definition) is 6. The predicted octanol–water partition coefficient (Wildman–Crippen LogP) is 1.80. The number of ether oxygens (including phenoxy) is 2. The maximum atomic E-state index is 12.1. The van der Waals surface area contributed by atoms with Crippen molar-refractivity contribution in [3.8, 4) is 11.5 Å². The highest BCUT2D eigenvalue weighted by atomic mass is 35.5. The molecule has 0 bridgehead atoms. The molecule has 0 spiro atoms. The minimum atomic E-state index is -0.404. The molecular weight excluding hydrogens is 320 g/mol. The van der Waals surface area contributed by atoms with Crippen molar-refractivity contribution in [1.29, 1.82) is 0 Å². The van der Waals surface area contributed by atoms with Gasteiger partial charge in [-0.2, -0.15) is 0 Å². The molecule has 0 aliphatic carbocycles. The minimum absolute atomic E-state index is 0.0849. The second-order valence-electron chi connectivity index (χ2n) is 4.93. The largest absolute Gasteiger partial charge is 0.489 e. The fourth-order valence-electron chi connectivity index (χ4n) is 2.18. The molecule has 1 aromatic heterocycles. The summed E-state index contributed by atoms with van der Waals surface area (Å²) < 4.78 is 11.2. The Morgan fingerprint density at radius 1 is 1.26 bits per heavy atom. The van der Waals surface area contributed by atoms with Gasteiger partial charge in [-0.3, -0.25) is 4.79 Å². The van der Waals surface area contributed by atoms with Crippen LogP contribution in [-0.2, 0) is 6.54 Å². The standard InChI is InChI=1S/C15H15ClN4O3/c16-10-6-9(7-11-13(10)23-5-1-4-22-11)8-20-15(21)12-14(17)19-3-2-18-12/h2-3,6-7H,1,4-5,8H2,(H2,17,19)(H,20,21). The Balaban J connectivity index is 1.74. The molecule has 1 aromatic carbocycles. The van der Waals surface area contributed by atoms with Crippen LogP contribution in [0.15, 0.2) is 24.5 Å². The summed E-state index contributed by atoms with van der Waals surface area (Å²) in [6, 6.07) is 3.53. The third-order valence-corrected chi connectivity index (χ3v) is 3.54. The number of halogens is 1. The Kier molecular flexibility index (Phi) is 4.47. The van der Waals surface area contributed by atoms with Gasteiger partial charge in [0.2, 0.25) is 0 Å². The van der Waals surface area contributed by atoms with Crippen molar-refractivity contribution in [1.82, 2.24) is 15.3 Å². The molecular formula is C15H15ClN4O3. The van der Waals surface area contributed by atoms with Crippen LogP contribution in [-0.4, -0.2) is 29.1 Å². The van der Waals surface area contributed by atoms with E-state index in [1.807, 2.05) is 0 Å². The highest BCUT2D eigenvalue weighted by Crippen LogP contribution is 2.37. The summed E-state index contributed by atoms with van der Waals surface area (Å²) in [5, 5.41) is 3.18. The molecule has 3 N–H and O–H groups in total. The van der Waals surface area contributed by atoms with Crippen LogP contribution < -0.4 is 20.5 Å². The lowest BCUT2D eigenvalue weighted by atomic mass is 10.2. The third kappa shape index (κ3) is 3.45. The topological polar surface area (TPSA) is 99.4 Å². The Labute approximate surface area is 137 Å². The number of carbonyl (C=O) groups is 1. The summed E-state index contributed by atoms with van der Waals surface area (Å²) in [5.41, 5.74) is 6.51. The zero-order chi connectivity index (χ0) is 16.2. The highest BCUT2D eigenvalue weighted by Gasteiger charge is 2.17. The van der Waals surface area contributed by atoms with Crippen LogP contribution in [0.3, 0.4) is 0 Å². The van der Waals surface area contributed by atoms with Crippen LogP contribution in [0.5, 0.6) is 11.5 Å². The summed E-state index contributed by atoms with van der Waals surface area (Å²) in [4.78, 5) is 19.8. The molecule has 120 valence electrons. The highest BCUT2D eigenvalue weighted by molar-refractivity contribution is 6.32. The lowest BCUT2D eigenvalue weighted by Gasteiger charge is -2.12. The number of hydrogen-bond donors (Lipinski definition) is 2. The van der Waals surface area contributed by atoms with E-state index < -0.39 is 5.91 Å². The number of benzene rings is 1. The third-order valence-electron chi connectivity index (χ3n) is 3.26. The quantitative estimate of drug-likeness (QED) is 0.888. The van der Waals surface area contributed by atoms with E-state index >= 15 is 0 Å². The van der Waals surface area contributed by atoms with Crippen LogP contribution >= 0.6 is 11.6 Å². The van der Waals surface area contributed by atoms with E-state index in [2.05, 4.69) is 15.3 Å². The maximum absolute atomic E-state index is 12.1. The van der Waals surface area contributed by atoms with Crippen molar-refractivity contribution >= 4 is 23.3 Å². The Bertz CT molecular complexity index is 739. The van der Waals surface area contributed by atoms with Gasteiger partial charge < -0.3 is 20.5 Å². The van der Waals surface area contributed by atoms with Crippen molar-refractivity contribution < 1.29 is 14.3 Å². The maximum Gasteiger partial charge on any atom is 0.273 e. The normalized spacial score (nSPS) is 13.3. The molecule has 0 saturated carbocycles. The second kappa shape index (κ2) is 6.70. The van der Waals surface area contributed by atoms with Gasteiger partial charge in [0, 0.05) is 25.4 Å². The number of carbonyl (C=O) groups excluding carboxylic acids is 1. The lowest BCUT2D eigenvalue weighted by molar-refractivity contribution is 0.0946. The molecule has 0 unspecified atom stereocenters. The first-order chi connectivity index (χ1) is 11.1. The second-order valence-corrected chi connectivity index (χ2v) is 5.34. The van der Waals surface area contributed by atoms with Crippen LogP contribution in [0, 0.1) is 0 Å². The zero-order valence-electron chi connectivity index (χ0n) is 12.2. The van der Waals surface area contributed by atoms with E-state index in [1.54, 1.807) is 12.1 Å². The Hall–Kier alpha value is -2.54. The molecule has 23 heavy (non-hydrogen) atoms. The van der Waals surface area contributed by atoms with Crippen molar-refractivity contribution in [3.05, 3.63) is 40.8 Å². The van der Waals surface area contributed by atoms with E-state index in [4.69, 9.17) is 26.8 Å². The summed E-state index contributed by atoms with van der Waals surface area (Å²) in [5.74, 6) is 0.802. The minimum Gasteiger partial charge on any atom is -0.489 e. The smallest absolute Gasteiger partial charge is 0.273 e. The van der Waals surface area contributed by atoms with Crippen LogP contribution in [0.4, 0.5) is 5.82 Å². The average Bonchev–Trinajstić information content (AvgIpc) is 2.79. The summed E-state index contributed by atoms with van der Waals surface area (Å²) in [6.45, 7) is 1.38. The molecule has 0 saturated heterocycles. The molecule has 8 heteroatoms. The number of nitrogens with two attached hydrogens (primary N) is 1. The number of nitrogens with zero attached hydrogens (tertiary/aromatic N) is 2. The average molecular weight is 335 g/mol. The molecule has 2 aromatic rings. The van der Waals surface area contributed by atoms with Gasteiger partial charge >= 0.3 is 0 Å². The predicted molar refractivity (Wildman–Crippen MR) is 84.7 cm³/mol. The molecule has 3 rings (SSSR count).